The summed E-state index contributed by atoms with van der Waals surface area (Å²) >= 11 is 0. The maximum Gasteiger partial charge on any atom is 0.345 e. The second-order valence-electron chi connectivity index (χ2n) is 6.61. The molecule has 1 aromatic heterocycles. The van der Waals surface area contributed by atoms with E-state index in [9.17, 15) is 14.4 Å². The summed E-state index contributed by atoms with van der Waals surface area (Å²) in [7, 11) is 0. The average molecular weight is 336 g/mol. The molecular formula is C16H24N4O4. The number of nitrogens with zero attached hydrogens (tertiary/aromatic N) is 2. The van der Waals surface area contributed by atoms with Gasteiger partial charge in [0.25, 0.3) is 5.91 Å². The Morgan fingerprint density at radius 2 is 2.08 bits per heavy atom. The van der Waals surface area contributed by atoms with Crippen LogP contribution in [0.4, 0.5) is 0 Å². The summed E-state index contributed by atoms with van der Waals surface area (Å²) in [6.45, 7) is 5.33. The first-order valence-corrected chi connectivity index (χ1v) is 8.18. The van der Waals surface area contributed by atoms with E-state index in [1.54, 1.807) is 6.07 Å². The standard InChI is InChI=1S/C16H24N4O4/c1-10(2)7-12-8-13(19-16(24)18-12)15(23)17-11-3-5-20(6-4-11)9-14(21)22/h8,10-11H,3-7,9H2,1-2H3,(H,17,23)(H,21,22)(H,18,19,24). The Bertz CT molecular complexity index is 648. The van der Waals surface area contributed by atoms with E-state index < -0.39 is 11.7 Å². The molecule has 0 radical (unpaired) electrons. The van der Waals surface area contributed by atoms with Crippen LogP contribution in [0.2, 0.25) is 0 Å². The molecule has 0 saturated carbocycles. The maximum atomic E-state index is 12.3. The molecule has 132 valence electrons. The molecule has 0 aliphatic carbocycles. The van der Waals surface area contributed by atoms with Crippen LogP contribution >= 0.6 is 0 Å². The van der Waals surface area contributed by atoms with Crippen LogP contribution in [0, 0.1) is 5.92 Å². The molecule has 1 aliphatic heterocycles. The van der Waals surface area contributed by atoms with Gasteiger partial charge in [0.2, 0.25) is 0 Å². The highest BCUT2D eigenvalue weighted by molar-refractivity contribution is 5.92. The molecule has 1 fully saturated rings. The number of amides is 1. The SMILES string of the molecule is CC(C)Cc1cc(C(=O)NC2CCN(CC(=O)O)CC2)nc(=O)[nH]1. The maximum absolute atomic E-state index is 12.3. The molecule has 0 aromatic carbocycles. The van der Waals surface area contributed by atoms with E-state index >= 15 is 0 Å². The molecule has 0 bridgehead atoms. The second kappa shape index (κ2) is 8.05. The highest BCUT2D eigenvalue weighted by Gasteiger charge is 2.23. The Balaban J connectivity index is 1.94. The van der Waals surface area contributed by atoms with Gasteiger partial charge in [0, 0.05) is 24.8 Å². The topological polar surface area (TPSA) is 115 Å². The Kier molecular flexibility index (Phi) is 6.08. The van der Waals surface area contributed by atoms with E-state index in [1.165, 1.54) is 0 Å². The number of likely N-dealkylation sites (tertiary alicyclic amines) is 1. The van der Waals surface area contributed by atoms with Crippen molar-refractivity contribution in [2.75, 3.05) is 19.6 Å². The molecule has 24 heavy (non-hydrogen) atoms. The number of aromatic nitrogens is 2. The molecule has 0 unspecified atom stereocenters. The van der Waals surface area contributed by atoms with Gasteiger partial charge in [-0.25, -0.2) is 4.79 Å². The van der Waals surface area contributed by atoms with Crippen LogP contribution in [0.3, 0.4) is 0 Å². The fraction of sp³-hybridized carbons (Fsp3) is 0.625. The first kappa shape index (κ1) is 18.1. The number of carboxylic acids is 1. The van der Waals surface area contributed by atoms with Crippen LogP contribution in [-0.2, 0) is 11.2 Å². The Hall–Kier alpha value is -2.22. The third kappa shape index (κ3) is 5.45. The lowest BCUT2D eigenvalue weighted by Gasteiger charge is -2.31. The molecule has 2 heterocycles. The smallest absolute Gasteiger partial charge is 0.345 e. The fourth-order valence-corrected chi connectivity index (χ4v) is 2.86. The average Bonchev–Trinajstić information content (AvgIpc) is 2.47. The molecule has 1 aliphatic rings. The first-order valence-electron chi connectivity index (χ1n) is 8.18. The van der Waals surface area contributed by atoms with Gasteiger partial charge in [-0.1, -0.05) is 13.8 Å². The van der Waals surface area contributed by atoms with Gasteiger partial charge in [0.05, 0.1) is 6.54 Å². The lowest BCUT2D eigenvalue weighted by molar-refractivity contribution is -0.138. The molecule has 0 atom stereocenters. The number of hydrogen-bond acceptors (Lipinski definition) is 5. The van der Waals surface area contributed by atoms with Crippen LogP contribution < -0.4 is 11.0 Å². The van der Waals surface area contributed by atoms with E-state index in [0.717, 1.165) is 0 Å². The number of hydrogen-bond donors (Lipinski definition) is 3. The predicted molar refractivity (Wildman–Crippen MR) is 88.0 cm³/mol. The van der Waals surface area contributed by atoms with Gasteiger partial charge in [0.1, 0.15) is 5.69 Å². The molecule has 1 saturated heterocycles. The highest BCUT2D eigenvalue weighted by Crippen LogP contribution is 2.11. The van der Waals surface area contributed by atoms with E-state index in [0.29, 0.717) is 44.0 Å². The number of piperidine rings is 1. The summed E-state index contributed by atoms with van der Waals surface area (Å²) < 4.78 is 0. The quantitative estimate of drug-likeness (QED) is 0.686. The third-order valence-electron chi connectivity index (χ3n) is 3.94. The second-order valence-corrected chi connectivity index (χ2v) is 6.61. The van der Waals surface area contributed by atoms with Gasteiger partial charge >= 0.3 is 11.7 Å². The van der Waals surface area contributed by atoms with Crippen LogP contribution in [0.25, 0.3) is 0 Å². The number of carbonyl (C=O) groups excluding carboxylic acids is 1. The molecule has 1 amide bonds. The zero-order chi connectivity index (χ0) is 17.7. The largest absolute Gasteiger partial charge is 0.480 e. The number of aromatic amines is 1. The number of H-pyrrole nitrogens is 1. The lowest BCUT2D eigenvalue weighted by Crippen LogP contribution is -2.46. The monoisotopic (exact) mass is 336 g/mol. The van der Waals surface area contributed by atoms with Crippen LogP contribution in [0.1, 0.15) is 42.9 Å². The van der Waals surface area contributed by atoms with Gasteiger partial charge in [-0.3, -0.25) is 14.5 Å². The zero-order valence-corrected chi connectivity index (χ0v) is 14.0. The number of nitrogens with one attached hydrogen (secondary N) is 2. The van der Waals surface area contributed by atoms with Gasteiger partial charge < -0.3 is 15.4 Å². The minimum absolute atomic E-state index is 0.0227. The van der Waals surface area contributed by atoms with Crippen molar-refractivity contribution in [3.05, 3.63) is 27.9 Å². The van der Waals surface area contributed by atoms with Crippen LogP contribution in [0.5, 0.6) is 0 Å². The number of aliphatic carboxylic acids is 1. The molecule has 1 aromatic rings. The molecule has 8 nitrogen and oxygen atoms in total. The third-order valence-corrected chi connectivity index (χ3v) is 3.94. The van der Waals surface area contributed by atoms with E-state index in [4.69, 9.17) is 5.11 Å². The summed E-state index contributed by atoms with van der Waals surface area (Å²) in [6.07, 6.45) is 2.04. The Labute approximate surface area is 140 Å². The van der Waals surface area contributed by atoms with Crippen molar-refractivity contribution in [3.63, 3.8) is 0 Å². The van der Waals surface area contributed by atoms with E-state index in [2.05, 4.69) is 15.3 Å². The zero-order valence-electron chi connectivity index (χ0n) is 14.0. The van der Waals surface area contributed by atoms with Crippen molar-refractivity contribution in [1.82, 2.24) is 20.2 Å². The van der Waals surface area contributed by atoms with Gasteiger partial charge in [-0.2, -0.15) is 4.98 Å². The van der Waals surface area contributed by atoms with Crippen molar-refractivity contribution in [3.8, 4) is 0 Å². The summed E-state index contributed by atoms with van der Waals surface area (Å²) in [5.74, 6) is -0.844. The highest BCUT2D eigenvalue weighted by atomic mass is 16.4. The van der Waals surface area contributed by atoms with Crippen molar-refractivity contribution >= 4 is 11.9 Å². The number of carboxylic acid groups (broad SMARTS) is 1. The fourth-order valence-electron chi connectivity index (χ4n) is 2.86. The molecule has 2 rings (SSSR count). The molecule has 0 spiro atoms. The summed E-state index contributed by atoms with van der Waals surface area (Å²) in [6, 6.07) is 1.59. The lowest BCUT2D eigenvalue weighted by atomic mass is 10.0. The molecular weight excluding hydrogens is 312 g/mol. The minimum Gasteiger partial charge on any atom is -0.480 e. The summed E-state index contributed by atoms with van der Waals surface area (Å²) in [5.41, 5.74) is 0.309. The normalized spacial score (nSPS) is 16.3. The van der Waals surface area contributed by atoms with Crippen LogP contribution in [-0.4, -0.2) is 57.5 Å². The van der Waals surface area contributed by atoms with E-state index in [-0.39, 0.29) is 24.2 Å². The summed E-state index contributed by atoms with van der Waals surface area (Å²) in [4.78, 5) is 42.9. The number of carbonyl (C=O) groups is 2. The van der Waals surface area contributed by atoms with Gasteiger partial charge in [0.15, 0.2) is 0 Å². The molecule has 8 heteroatoms. The van der Waals surface area contributed by atoms with Crippen molar-refractivity contribution in [1.29, 1.82) is 0 Å². The molecule has 3 N–H and O–H groups in total. The number of rotatable bonds is 6. The van der Waals surface area contributed by atoms with E-state index in [1.807, 2.05) is 18.7 Å². The van der Waals surface area contributed by atoms with Crippen molar-refractivity contribution in [2.45, 2.75) is 39.2 Å². The van der Waals surface area contributed by atoms with Crippen molar-refractivity contribution < 1.29 is 14.7 Å². The van der Waals surface area contributed by atoms with Crippen molar-refractivity contribution in [2.24, 2.45) is 5.92 Å². The van der Waals surface area contributed by atoms with Crippen LogP contribution in [0.15, 0.2) is 10.9 Å². The van der Waals surface area contributed by atoms with Gasteiger partial charge in [-0.15, -0.1) is 0 Å². The Morgan fingerprint density at radius 3 is 2.67 bits per heavy atom. The minimum atomic E-state index is -0.845. The first-order chi connectivity index (χ1) is 11.3. The van der Waals surface area contributed by atoms with Gasteiger partial charge in [-0.05, 0) is 31.2 Å². The summed E-state index contributed by atoms with van der Waals surface area (Å²) in [5, 5.41) is 11.7. The Morgan fingerprint density at radius 1 is 1.42 bits per heavy atom. The predicted octanol–water partition coefficient (Wildman–Crippen LogP) is 0.247.